The van der Waals surface area contributed by atoms with Crippen molar-refractivity contribution < 1.29 is 23.8 Å². The van der Waals surface area contributed by atoms with Crippen LogP contribution in [-0.2, 0) is 14.3 Å². The maximum Gasteiger partial charge on any atom is 0.348 e. The summed E-state index contributed by atoms with van der Waals surface area (Å²) in [5.41, 5.74) is 2.10. The highest BCUT2D eigenvalue weighted by Gasteiger charge is 2.12. The molecule has 1 amide bonds. The number of hydrogen-bond acceptors (Lipinski definition) is 6. The second kappa shape index (κ2) is 10.5. The van der Waals surface area contributed by atoms with Crippen molar-refractivity contribution in [1.29, 1.82) is 5.26 Å². The quantitative estimate of drug-likeness (QED) is 0.418. The molecule has 0 fully saturated rings. The summed E-state index contributed by atoms with van der Waals surface area (Å²) in [6, 6.07) is 14.1. The molecular weight excluding hydrogens is 372 g/mol. The molecular formula is C22H22N2O5. The number of anilines is 1. The fourth-order valence-electron chi connectivity index (χ4n) is 2.45. The summed E-state index contributed by atoms with van der Waals surface area (Å²) in [6.07, 6.45) is 1.40. The molecule has 2 aromatic carbocycles. The average molecular weight is 394 g/mol. The second-order valence-electron chi connectivity index (χ2n) is 5.95. The van der Waals surface area contributed by atoms with E-state index in [1.54, 1.807) is 25.1 Å². The van der Waals surface area contributed by atoms with E-state index in [-0.39, 0.29) is 24.7 Å². The third-order valence-electron chi connectivity index (χ3n) is 3.89. The van der Waals surface area contributed by atoms with Crippen molar-refractivity contribution in [2.75, 3.05) is 25.6 Å². The Morgan fingerprint density at radius 3 is 2.59 bits per heavy atom. The van der Waals surface area contributed by atoms with E-state index in [9.17, 15) is 9.59 Å². The van der Waals surface area contributed by atoms with Crippen LogP contribution >= 0.6 is 0 Å². The van der Waals surface area contributed by atoms with Gasteiger partial charge in [-0.25, -0.2) is 4.79 Å². The van der Waals surface area contributed by atoms with Gasteiger partial charge in [0.2, 0.25) is 0 Å². The number of methoxy groups -OCH3 is 1. The maximum atomic E-state index is 12.2. The molecule has 0 aliphatic carbocycles. The van der Waals surface area contributed by atoms with E-state index in [0.29, 0.717) is 17.1 Å². The fraction of sp³-hybridized carbons (Fsp3) is 0.227. The minimum absolute atomic E-state index is 0.125. The number of hydrogen-bond donors (Lipinski definition) is 1. The molecule has 0 saturated heterocycles. The largest absolute Gasteiger partial charge is 0.493 e. The number of ether oxygens (including phenoxy) is 3. The van der Waals surface area contributed by atoms with Crippen LogP contribution in [-0.4, -0.2) is 32.2 Å². The lowest BCUT2D eigenvalue weighted by atomic mass is 10.1. The Balaban J connectivity index is 2.09. The number of para-hydroxylation sites is 1. The van der Waals surface area contributed by atoms with Gasteiger partial charge in [-0.1, -0.05) is 24.3 Å². The van der Waals surface area contributed by atoms with Crippen LogP contribution in [0.1, 0.15) is 18.1 Å². The minimum atomic E-state index is -0.692. The molecule has 7 nitrogen and oxygen atoms in total. The first kappa shape index (κ1) is 21.5. The standard InChI is InChI=1S/C22H22N2O5/c1-4-28-22(26)17(13-23)11-16-9-10-19(20(12-16)27-3)29-14-21(25)24-18-8-6-5-7-15(18)2/h5-12H,4,14H2,1-3H3,(H,24,25)/b17-11-. The van der Waals surface area contributed by atoms with Gasteiger partial charge in [-0.15, -0.1) is 0 Å². The van der Waals surface area contributed by atoms with E-state index in [0.717, 1.165) is 11.3 Å². The lowest BCUT2D eigenvalue weighted by Crippen LogP contribution is -2.20. The molecule has 0 heterocycles. The predicted molar refractivity (Wildman–Crippen MR) is 109 cm³/mol. The highest BCUT2D eigenvalue weighted by Crippen LogP contribution is 2.29. The molecule has 7 heteroatoms. The molecule has 0 radical (unpaired) electrons. The Labute approximate surface area is 169 Å². The summed E-state index contributed by atoms with van der Waals surface area (Å²) in [6.45, 7) is 3.54. The molecule has 150 valence electrons. The maximum absolute atomic E-state index is 12.2. The van der Waals surface area contributed by atoms with Crippen LogP contribution in [0.3, 0.4) is 0 Å². The van der Waals surface area contributed by atoms with Gasteiger partial charge in [-0.3, -0.25) is 4.79 Å². The highest BCUT2D eigenvalue weighted by molar-refractivity contribution is 5.98. The number of carbonyl (C=O) groups is 2. The van der Waals surface area contributed by atoms with Gasteiger partial charge in [0, 0.05) is 5.69 Å². The molecule has 2 aromatic rings. The molecule has 0 unspecified atom stereocenters. The fourth-order valence-corrected chi connectivity index (χ4v) is 2.45. The molecule has 1 N–H and O–H groups in total. The summed E-state index contributed by atoms with van der Waals surface area (Å²) in [5.74, 6) is -0.274. The van der Waals surface area contributed by atoms with Crippen molar-refractivity contribution >= 4 is 23.6 Å². The zero-order chi connectivity index (χ0) is 21.2. The van der Waals surface area contributed by atoms with Gasteiger partial charge in [0.15, 0.2) is 18.1 Å². The summed E-state index contributed by atoms with van der Waals surface area (Å²) >= 11 is 0. The zero-order valence-electron chi connectivity index (χ0n) is 16.5. The SMILES string of the molecule is CCOC(=O)/C(C#N)=C\c1ccc(OCC(=O)Nc2ccccc2C)c(OC)c1. The van der Waals surface area contributed by atoms with Crippen molar-refractivity contribution in [3.63, 3.8) is 0 Å². The topological polar surface area (TPSA) is 97.7 Å². The number of nitrogens with one attached hydrogen (secondary N) is 1. The number of nitriles is 1. The molecule has 0 bridgehead atoms. The molecule has 0 saturated carbocycles. The van der Waals surface area contributed by atoms with E-state index in [4.69, 9.17) is 19.5 Å². The number of carbonyl (C=O) groups excluding carboxylic acids is 2. The van der Waals surface area contributed by atoms with Gasteiger partial charge in [-0.05, 0) is 49.2 Å². The number of aryl methyl sites for hydroxylation is 1. The molecule has 0 atom stereocenters. The molecule has 0 spiro atoms. The third-order valence-corrected chi connectivity index (χ3v) is 3.89. The Morgan fingerprint density at radius 2 is 1.93 bits per heavy atom. The Kier molecular flexibility index (Phi) is 7.80. The molecule has 0 aliphatic rings. The van der Waals surface area contributed by atoms with Gasteiger partial charge >= 0.3 is 5.97 Å². The third kappa shape index (κ3) is 6.11. The molecule has 0 aromatic heterocycles. The number of esters is 1. The number of benzene rings is 2. The minimum Gasteiger partial charge on any atom is -0.493 e. The lowest BCUT2D eigenvalue weighted by Gasteiger charge is -2.12. The van der Waals surface area contributed by atoms with E-state index in [1.807, 2.05) is 37.3 Å². The highest BCUT2D eigenvalue weighted by atomic mass is 16.5. The number of rotatable bonds is 8. The van der Waals surface area contributed by atoms with Crippen LogP contribution < -0.4 is 14.8 Å². The lowest BCUT2D eigenvalue weighted by molar-refractivity contribution is -0.137. The first-order valence-electron chi connectivity index (χ1n) is 8.93. The van der Waals surface area contributed by atoms with Crippen LogP contribution in [0.2, 0.25) is 0 Å². The second-order valence-corrected chi connectivity index (χ2v) is 5.95. The normalized spacial score (nSPS) is 10.6. The van der Waals surface area contributed by atoms with Crippen LogP contribution in [0.25, 0.3) is 6.08 Å². The summed E-state index contributed by atoms with van der Waals surface area (Å²) in [4.78, 5) is 23.9. The average Bonchev–Trinajstić information content (AvgIpc) is 2.72. The number of nitrogens with zero attached hydrogens (tertiary/aromatic N) is 1. The van der Waals surface area contributed by atoms with Crippen LogP contribution in [0.4, 0.5) is 5.69 Å². The molecule has 0 aliphatic heterocycles. The first-order valence-corrected chi connectivity index (χ1v) is 8.93. The summed E-state index contributed by atoms with van der Waals surface area (Å²) in [5, 5.41) is 11.9. The molecule has 29 heavy (non-hydrogen) atoms. The van der Waals surface area contributed by atoms with E-state index in [1.165, 1.54) is 13.2 Å². The zero-order valence-corrected chi connectivity index (χ0v) is 16.5. The van der Waals surface area contributed by atoms with Crippen molar-refractivity contribution in [3.8, 4) is 17.6 Å². The number of amides is 1. The summed E-state index contributed by atoms with van der Waals surface area (Å²) in [7, 11) is 1.46. The van der Waals surface area contributed by atoms with Crippen molar-refractivity contribution in [2.24, 2.45) is 0 Å². The van der Waals surface area contributed by atoms with Crippen LogP contribution in [0.5, 0.6) is 11.5 Å². The van der Waals surface area contributed by atoms with Crippen LogP contribution in [0, 0.1) is 18.3 Å². The van der Waals surface area contributed by atoms with Crippen LogP contribution in [0.15, 0.2) is 48.0 Å². The van der Waals surface area contributed by atoms with Crippen molar-refractivity contribution in [3.05, 3.63) is 59.2 Å². The molecule has 2 rings (SSSR count). The summed E-state index contributed by atoms with van der Waals surface area (Å²) < 4.78 is 15.7. The van der Waals surface area contributed by atoms with Gasteiger partial charge in [-0.2, -0.15) is 5.26 Å². The van der Waals surface area contributed by atoms with Crippen molar-refractivity contribution in [1.82, 2.24) is 0 Å². The van der Waals surface area contributed by atoms with Gasteiger partial charge in [0.05, 0.1) is 13.7 Å². The van der Waals surface area contributed by atoms with Crippen molar-refractivity contribution in [2.45, 2.75) is 13.8 Å². The van der Waals surface area contributed by atoms with Gasteiger partial charge < -0.3 is 19.5 Å². The smallest absolute Gasteiger partial charge is 0.348 e. The van der Waals surface area contributed by atoms with E-state index in [2.05, 4.69) is 5.32 Å². The Morgan fingerprint density at radius 1 is 1.17 bits per heavy atom. The predicted octanol–water partition coefficient (Wildman–Crippen LogP) is 3.49. The van der Waals surface area contributed by atoms with Gasteiger partial charge in [0.25, 0.3) is 5.91 Å². The Hall–Kier alpha value is -3.79. The Bertz CT molecular complexity index is 960. The first-order chi connectivity index (χ1) is 14.0. The monoisotopic (exact) mass is 394 g/mol. The van der Waals surface area contributed by atoms with Gasteiger partial charge in [0.1, 0.15) is 11.6 Å². The van der Waals surface area contributed by atoms with E-state index >= 15 is 0 Å². The van der Waals surface area contributed by atoms with E-state index < -0.39 is 5.97 Å².